The SMILES string of the molecule is C=N/C(=N\C=C(/C)c1cn(CC(=O)N2CCc3[nH]nnc3C2)nc1CN1CCCNCC1)NC1Cc2ccccc2C1. The summed E-state index contributed by atoms with van der Waals surface area (Å²) in [6.07, 6.45) is 7.51. The molecule has 3 N–H and O–H groups in total. The third kappa shape index (κ3) is 6.50. The average molecular weight is 570 g/mol. The molecule has 0 radical (unpaired) electrons. The standard InChI is InChI=1S/C30H39N11O/c1-21(16-33-30(31-2)34-24-14-22-6-3-4-7-23(22)15-24)25-17-41(37-27(25)18-39-11-5-9-32-10-13-39)20-29(42)40-12-8-26-28(19-40)36-38-35-26/h3-4,6-7,16-17,24,32H,2,5,8-15,18-20H2,1H3,(H,33,34)(H,35,36,38)/b21-16+. The minimum Gasteiger partial charge on any atom is -0.351 e. The third-order valence-corrected chi connectivity index (χ3v) is 8.31. The molecule has 1 saturated heterocycles. The van der Waals surface area contributed by atoms with Crippen LogP contribution in [0.1, 0.15) is 47.1 Å². The lowest BCUT2D eigenvalue weighted by atomic mass is 10.1. The Bertz CT molecular complexity index is 1450. The minimum absolute atomic E-state index is 0.0165. The van der Waals surface area contributed by atoms with Gasteiger partial charge in [0.15, 0.2) is 0 Å². The van der Waals surface area contributed by atoms with Crippen molar-refractivity contribution in [2.75, 3.05) is 32.7 Å². The number of hydrogen-bond donors (Lipinski definition) is 3. The Labute approximate surface area is 246 Å². The predicted molar refractivity (Wildman–Crippen MR) is 162 cm³/mol. The van der Waals surface area contributed by atoms with Crippen molar-refractivity contribution in [1.82, 2.24) is 45.6 Å². The van der Waals surface area contributed by atoms with Crippen molar-refractivity contribution in [1.29, 1.82) is 0 Å². The molecule has 1 aromatic carbocycles. The van der Waals surface area contributed by atoms with Gasteiger partial charge in [-0.1, -0.05) is 29.5 Å². The van der Waals surface area contributed by atoms with Gasteiger partial charge >= 0.3 is 0 Å². The summed E-state index contributed by atoms with van der Waals surface area (Å²) in [6.45, 7) is 11.7. The fraction of sp³-hybridized carbons (Fsp3) is 0.467. The van der Waals surface area contributed by atoms with Crippen molar-refractivity contribution < 1.29 is 4.79 Å². The van der Waals surface area contributed by atoms with E-state index in [0.29, 0.717) is 25.6 Å². The number of aromatic nitrogens is 5. The molecule has 1 fully saturated rings. The van der Waals surface area contributed by atoms with Crippen LogP contribution in [-0.2, 0) is 43.7 Å². The van der Waals surface area contributed by atoms with E-state index in [1.54, 1.807) is 4.68 Å². The second-order valence-corrected chi connectivity index (χ2v) is 11.3. The molecule has 0 atom stereocenters. The summed E-state index contributed by atoms with van der Waals surface area (Å²) in [5, 5.41) is 22.8. The van der Waals surface area contributed by atoms with Crippen molar-refractivity contribution in [3.63, 3.8) is 0 Å². The van der Waals surface area contributed by atoms with Crippen LogP contribution in [0.3, 0.4) is 0 Å². The van der Waals surface area contributed by atoms with Gasteiger partial charge in [0.05, 0.1) is 17.9 Å². The summed E-state index contributed by atoms with van der Waals surface area (Å²) < 4.78 is 1.77. The van der Waals surface area contributed by atoms with E-state index in [-0.39, 0.29) is 18.5 Å². The summed E-state index contributed by atoms with van der Waals surface area (Å²) >= 11 is 0. The molecule has 6 rings (SSSR count). The molecule has 3 aliphatic rings. The first-order valence-corrected chi connectivity index (χ1v) is 14.8. The first-order valence-electron chi connectivity index (χ1n) is 14.8. The van der Waals surface area contributed by atoms with E-state index in [0.717, 1.165) is 80.1 Å². The number of carbonyl (C=O) groups excluding carboxylic acids is 1. The van der Waals surface area contributed by atoms with E-state index < -0.39 is 0 Å². The highest BCUT2D eigenvalue weighted by atomic mass is 16.2. The van der Waals surface area contributed by atoms with Crippen LogP contribution in [-0.4, -0.2) is 92.3 Å². The maximum absolute atomic E-state index is 13.2. The largest absolute Gasteiger partial charge is 0.351 e. The van der Waals surface area contributed by atoms with E-state index in [1.165, 1.54) is 11.1 Å². The number of carbonyl (C=O) groups is 1. The summed E-state index contributed by atoms with van der Waals surface area (Å²) in [4.78, 5) is 26.3. The van der Waals surface area contributed by atoms with Gasteiger partial charge in [-0.2, -0.15) is 5.10 Å². The Hall–Kier alpha value is -4.16. The number of nitrogens with zero attached hydrogens (tertiary/aromatic N) is 8. The molecule has 0 spiro atoms. The van der Waals surface area contributed by atoms with E-state index in [4.69, 9.17) is 5.10 Å². The van der Waals surface area contributed by atoms with Gasteiger partial charge in [0.2, 0.25) is 11.9 Å². The van der Waals surface area contributed by atoms with Crippen molar-refractivity contribution in [2.24, 2.45) is 9.98 Å². The highest BCUT2D eigenvalue weighted by Crippen LogP contribution is 2.23. The Balaban J connectivity index is 1.18. The summed E-state index contributed by atoms with van der Waals surface area (Å²) in [6, 6.07) is 8.77. The zero-order valence-electron chi connectivity index (χ0n) is 24.2. The number of H-pyrrole nitrogens is 1. The topological polar surface area (TPSA) is 132 Å². The summed E-state index contributed by atoms with van der Waals surface area (Å²) in [5.74, 6) is 0.523. The van der Waals surface area contributed by atoms with Gasteiger partial charge < -0.3 is 15.5 Å². The lowest BCUT2D eigenvalue weighted by molar-refractivity contribution is -0.133. The van der Waals surface area contributed by atoms with Gasteiger partial charge in [0.1, 0.15) is 12.2 Å². The van der Waals surface area contributed by atoms with Crippen molar-refractivity contribution in [3.05, 3.63) is 70.4 Å². The Morgan fingerprint density at radius 2 is 2.02 bits per heavy atom. The van der Waals surface area contributed by atoms with Gasteiger partial charge in [-0.05, 0) is 62.7 Å². The van der Waals surface area contributed by atoms with Crippen LogP contribution >= 0.6 is 0 Å². The van der Waals surface area contributed by atoms with Crippen molar-refractivity contribution in [3.8, 4) is 0 Å². The highest BCUT2D eigenvalue weighted by Gasteiger charge is 2.25. The minimum atomic E-state index is 0.0165. The first-order chi connectivity index (χ1) is 20.6. The Kier molecular flexibility index (Phi) is 8.52. The molecule has 1 amide bonds. The van der Waals surface area contributed by atoms with Crippen LogP contribution in [0.5, 0.6) is 0 Å². The quantitative estimate of drug-likeness (QED) is 0.291. The molecule has 2 aromatic heterocycles. The van der Waals surface area contributed by atoms with Crippen LogP contribution in [0.4, 0.5) is 0 Å². The Morgan fingerprint density at radius 3 is 2.83 bits per heavy atom. The van der Waals surface area contributed by atoms with Gasteiger partial charge in [-0.15, -0.1) is 5.10 Å². The van der Waals surface area contributed by atoms with Crippen LogP contribution in [0.25, 0.3) is 5.57 Å². The lowest BCUT2D eigenvalue weighted by Crippen LogP contribution is -2.38. The number of amides is 1. The number of aliphatic imine (C=N–C) groups is 2. The predicted octanol–water partition coefficient (Wildman–Crippen LogP) is 1.56. The van der Waals surface area contributed by atoms with Crippen molar-refractivity contribution >= 4 is 24.2 Å². The number of hydrogen-bond acceptors (Lipinski definition) is 7. The zero-order valence-corrected chi connectivity index (χ0v) is 24.2. The van der Waals surface area contributed by atoms with E-state index in [1.807, 2.05) is 24.2 Å². The highest BCUT2D eigenvalue weighted by molar-refractivity contribution is 5.85. The van der Waals surface area contributed by atoms with Crippen LogP contribution in [0.2, 0.25) is 0 Å². The second-order valence-electron chi connectivity index (χ2n) is 11.3. The molecule has 1 aliphatic carbocycles. The van der Waals surface area contributed by atoms with Crippen LogP contribution in [0.15, 0.2) is 46.6 Å². The normalized spacial score (nSPS) is 18.5. The summed E-state index contributed by atoms with van der Waals surface area (Å²) in [5.41, 5.74) is 7.47. The van der Waals surface area contributed by atoms with Gasteiger partial charge in [0.25, 0.3) is 0 Å². The molecule has 0 bridgehead atoms. The molecule has 220 valence electrons. The molecule has 0 unspecified atom stereocenters. The molecular weight excluding hydrogens is 530 g/mol. The van der Waals surface area contributed by atoms with E-state index in [2.05, 4.69) is 71.9 Å². The van der Waals surface area contributed by atoms with Crippen LogP contribution in [0, 0.1) is 0 Å². The number of fused-ring (bicyclic) bond motifs is 2. The molecule has 3 aromatic rings. The number of benzene rings is 1. The van der Waals surface area contributed by atoms with E-state index in [9.17, 15) is 4.79 Å². The molecule has 4 heterocycles. The van der Waals surface area contributed by atoms with Gasteiger partial charge in [-0.3, -0.25) is 19.5 Å². The monoisotopic (exact) mass is 569 g/mol. The average Bonchev–Trinajstić information content (AvgIpc) is 3.69. The molecule has 2 aliphatic heterocycles. The number of rotatable bonds is 7. The van der Waals surface area contributed by atoms with Gasteiger partial charge in [-0.25, -0.2) is 9.98 Å². The van der Waals surface area contributed by atoms with Crippen molar-refractivity contribution in [2.45, 2.75) is 58.3 Å². The summed E-state index contributed by atoms with van der Waals surface area (Å²) in [7, 11) is 0. The lowest BCUT2D eigenvalue weighted by Gasteiger charge is -2.25. The fourth-order valence-electron chi connectivity index (χ4n) is 6.01. The number of guanidine groups is 1. The molecule has 0 saturated carbocycles. The van der Waals surface area contributed by atoms with Gasteiger partial charge in [0, 0.05) is 56.6 Å². The molecule has 12 heteroatoms. The third-order valence-electron chi connectivity index (χ3n) is 8.31. The number of nitrogens with one attached hydrogen (secondary N) is 3. The van der Waals surface area contributed by atoms with Crippen LogP contribution < -0.4 is 10.6 Å². The molecular formula is C30H39N11O. The number of allylic oxidation sites excluding steroid dienone is 1. The van der Waals surface area contributed by atoms with E-state index >= 15 is 0 Å². The second kappa shape index (κ2) is 12.8. The first kappa shape index (κ1) is 28.0. The maximum Gasteiger partial charge on any atom is 0.244 e. The fourth-order valence-corrected chi connectivity index (χ4v) is 6.01. The molecule has 42 heavy (non-hydrogen) atoms. The smallest absolute Gasteiger partial charge is 0.244 e. The number of aromatic amines is 1. The Morgan fingerprint density at radius 1 is 1.19 bits per heavy atom. The maximum atomic E-state index is 13.2. The zero-order chi connectivity index (χ0) is 28.9. The molecule has 12 nitrogen and oxygen atoms in total.